The molecule has 2 unspecified atom stereocenters. The number of hydrogen-bond donors (Lipinski definition) is 5. The number of H-pyrrole nitrogens is 1. The molecule has 1 aromatic rings. The molecule has 5 N–H and O–H groups in total. The zero-order chi connectivity index (χ0) is 26.7. The lowest BCUT2D eigenvalue weighted by atomic mass is 10.2. The van der Waals surface area contributed by atoms with E-state index in [-0.39, 0.29) is 17.1 Å². The predicted octanol–water partition coefficient (Wildman–Crippen LogP) is 1.69. The molecule has 0 amide bonds. The highest BCUT2D eigenvalue weighted by molar-refractivity contribution is 8.77. The fourth-order valence-corrected chi connectivity index (χ4v) is 7.67. The first-order valence-electron chi connectivity index (χ1n) is 9.53. The first-order chi connectivity index (χ1) is 15.9. The topological polar surface area (TPSA) is 233 Å². The Balaban J connectivity index is 2.10. The largest absolute Gasteiger partial charge is 0.490 e. The molecule has 0 aliphatic carbocycles. The Kier molecular flexibility index (Phi) is 10.6. The third kappa shape index (κ3) is 11.3. The molecule has 21 heteroatoms. The van der Waals surface area contributed by atoms with Gasteiger partial charge in [-0.25, -0.2) is 18.5 Å². The minimum atomic E-state index is -5.68. The molecule has 0 aromatic carbocycles. The average molecular weight is 602 g/mol. The van der Waals surface area contributed by atoms with E-state index >= 15 is 0 Å². The molecular weight excluding hydrogens is 577 g/mol. The van der Waals surface area contributed by atoms with Crippen molar-refractivity contribution in [2.24, 2.45) is 0 Å². The molecular formula is C14H25N2O14P3S2. The van der Waals surface area contributed by atoms with Gasteiger partial charge in [-0.1, -0.05) is 42.4 Å². The lowest BCUT2D eigenvalue weighted by Gasteiger charge is -2.22. The van der Waals surface area contributed by atoms with Crippen molar-refractivity contribution in [3.8, 4) is 0 Å². The molecule has 2 heterocycles. The Labute approximate surface area is 206 Å². The van der Waals surface area contributed by atoms with Gasteiger partial charge in [-0.2, -0.15) is 8.62 Å². The van der Waals surface area contributed by atoms with Gasteiger partial charge in [-0.05, 0) is 0 Å². The van der Waals surface area contributed by atoms with Crippen LogP contribution in [-0.4, -0.2) is 58.6 Å². The molecule has 0 radical (unpaired) electrons. The van der Waals surface area contributed by atoms with Gasteiger partial charge in [-0.15, -0.1) is 0 Å². The van der Waals surface area contributed by atoms with E-state index in [2.05, 4.69) is 18.1 Å². The number of hydrogen-bond acceptors (Lipinski definition) is 12. The fraction of sp³-hybridized carbons (Fsp3) is 0.714. The summed E-state index contributed by atoms with van der Waals surface area (Å²) in [6.45, 7) is 5.23. The van der Waals surface area contributed by atoms with Crippen LogP contribution >= 0.6 is 45.1 Å². The summed E-state index contributed by atoms with van der Waals surface area (Å²) in [5, 5.41) is 0. The number of aromatic nitrogens is 2. The van der Waals surface area contributed by atoms with Gasteiger partial charge in [0.1, 0.15) is 18.3 Å². The molecule has 202 valence electrons. The van der Waals surface area contributed by atoms with Crippen LogP contribution in [0.1, 0.15) is 33.4 Å². The van der Waals surface area contributed by atoms with E-state index in [1.807, 2.05) is 20.8 Å². The average Bonchev–Trinajstić information content (AvgIpc) is 3.02. The molecule has 35 heavy (non-hydrogen) atoms. The summed E-state index contributed by atoms with van der Waals surface area (Å²) in [7, 11) is -13.7. The Morgan fingerprint density at radius 1 is 1.14 bits per heavy atom. The number of phosphoric acid groups is 3. The van der Waals surface area contributed by atoms with E-state index in [0.29, 0.717) is 0 Å². The minimum absolute atomic E-state index is 0.0666. The molecule has 0 saturated carbocycles. The smallest absolute Gasteiger partial charge is 0.364 e. The van der Waals surface area contributed by atoms with Crippen molar-refractivity contribution in [3.63, 3.8) is 0 Å². The summed E-state index contributed by atoms with van der Waals surface area (Å²) in [4.78, 5) is 61.6. The molecule has 1 aliphatic rings. The van der Waals surface area contributed by atoms with E-state index in [4.69, 9.17) is 19.3 Å². The molecule has 1 fully saturated rings. The molecule has 2 rings (SSSR count). The summed E-state index contributed by atoms with van der Waals surface area (Å²) in [6.07, 6.45) is -1.59. The lowest BCUT2D eigenvalue weighted by Crippen LogP contribution is -2.31. The van der Waals surface area contributed by atoms with Gasteiger partial charge in [0.05, 0.1) is 12.7 Å². The number of phosphoric ester groups is 1. The van der Waals surface area contributed by atoms with Crippen LogP contribution in [0.3, 0.4) is 0 Å². The Bertz CT molecular complexity index is 1130. The van der Waals surface area contributed by atoms with Crippen LogP contribution < -0.4 is 11.2 Å². The number of ether oxygens (including phenoxy) is 2. The van der Waals surface area contributed by atoms with Crippen molar-refractivity contribution in [3.05, 3.63) is 33.1 Å². The second-order valence-corrected chi connectivity index (χ2v) is 15.4. The third-order valence-electron chi connectivity index (χ3n) is 3.80. The van der Waals surface area contributed by atoms with Crippen molar-refractivity contribution in [2.45, 2.75) is 50.4 Å². The lowest BCUT2D eigenvalue weighted by molar-refractivity contribution is -0.0543. The third-order valence-corrected chi connectivity index (χ3v) is 10.6. The van der Waals surface area contributed by atoms with Crippen LogP contribution in [0.25, 0.3) is 0 Å². The van der Waals surface area contributed by atoms with Gasteiger partial charge in [0.15, 0.2) is 0 Å². The molecule has 0 bridgehead atoms. The van der Waals surface area contributed by atoms with E-state index < -0.39 is 59.8 Å². The Morgan fingerprint density at radius 3 is 2.37 bits per heavy atom. The van der Waals surface area contributed by atoms with Gasteiger partial charge in [-0.3, -0.25) is 18.9 Å². The molecule has 0 spiro atoms. The van der Waals surface area contributed by atoms with Gasteiger partial charge in [0, 0.05) is 23.4 Å². The summed E-state index contributed by atoms with van der Waals surface area (Å²) in [5.74, 6) is 0.162. The SMILES string of the molecule is CC(C)(C)SSCO[C@@H]1C[C@H](n2ccc(=O)[nH]c2=O)O[C@@H]1COP(=O)(O)OP(=O)(O)OP(=O)(O)O. The normalized spacial score (nSPS) is 24.7. The number of rotatable bonds is 12. The van der Waals surface area contributed by atoms with Crippen molar-refractivity contribution in [2.75, 3.05) is 12.5 Å². The quantitative estimate of drug-likeness (QED) is 0.0991. The predicted molar refractivity (Wildman–Crippen MR) is 124 cm³/mol. The van der Waals surface area contributed by atoms with Crippen LogP contribution in [-0.2, 0) is 36.3 Å². The first-order valence-corrected chi connectivity index (χ1v) is 16.4. The van der Waals surface area contributed by atoms with Gasteiger partial charge >= 0.3 is 29.2 Å². The zero-order valence-corrected chi connectivity index (χ0v) is 22.8. The van der Waals surface area contributed by atoms with Crippen molar-refractivity contribution in [1.29, 1.82) is 0 Å². The highest BCUT2D eigenvalue weighted by Gasteiger charge is 2.43. The number of aromatic amines is 1. The van der Waals surface area contributed by atoms with Crippen LogP contribution in [0.15, 0.2) is 21.9 Å². The van der Waals surface area contributed by atoms with Crippen molar-refractivity contribution < 1.29 is 55.9 Å². The Hall–Kier alpha value is -0.290. The van der Waals surface area contributed by atoms with Crippen LogP contribution in [0.5, 0.6) is 0 Å². The maximum Gasteiger partial charge on any atom is 0.490 e. The van der Waals surface area contributed by atoms with Gasteiger partial charge in [0.2, 0.25) is 0 Å². The Morgan fingerprint density at radius 2 is 1.80 bits per heavy atom. The summed E-state index contributed by atoms with van der Waals surface area (Å²) >= 11 is 0. The van der Waals surface area contributed by atoms with E-state index in [9.17, 15) is 33.1 Å². The maximum atomic E-state index is 12.1. The monoisotopic (exact) mass is 602 g/mol. The van der Waals surface area contributed by atoms with Crippen LogP contribution in [0, 0.1) is 0 Å². The summed E-state index contributed by atoms with van der Waals surface area (Å²) in [5.41, 5.74) is -1.40. The summed E-state index contributed by atoms with van der Waals surface area (Å²) in [6, 6.07) is 1.09. The molecule has 1 aliphatic heterocycles. The van der Waals surface area contributed by atoms with E-state index in [1.165, 1.54) is 27.8 Å². The molecule has 16 nitrogen and oxygen atoms in total. The second kappa shape index (κ2) is 12.0. The molecule has 5 atom stereocenters. The highest BCUT2D eigenvalue weighted by Crippen LogP contribution is 2.66. The number of nitrogens with one attached hydrogen (secondary N) is 1. The van der Waals surface area contributed by atoms with Crippen molar-refractivity contribution >= 4 is 45.1 Å². The standard InChI is InChI=1S/C14H25N2O14P3S2/c1-14(2,3)35-34-8-26-9-6-12(16-5-4-11(17)15-13(16)18)28-10(9)7-27-32(22,23)30-33(24,25)29-31(19,20)21/h4-5,9-10,12H,6-8H2,1-3H3,(H,22,23)(H,24,25)(H,15,17,18)(H2,19,20,21)/t9-,10-,12-/m1/s1. The maximum absolute atomic E-state index is 12.1. The molecule has 1 aromatic heterocycles. The van der Waals surface area contributed by atoms with Crippen LogP contribution in [0.4, 0.5) is 0 Å². The van der Waals surface area contributed by atoms with Crippen LogP contribution in [0.2, 0.25) is 0 Å². The van der Waals surface area contributed by atoms with Gasteiger partial charge in [0.25, 0.3) is 5.56 Å². The first kappa shape index (κ1) is 30.9. The number of nitrogens with zero attached hydrogens (tertiary/aromatic N) is 1. The highest BCUT2D eigenvalue weighted by atomic mass is 33.1. The zero-order valence-electron chi connectivity index (χ0n) is 18.5. The fourth-order valence-electron chi connectivity index (χ4n) is 2.64. The molecule has 1 saturated heterocycles. The van der Waals surface area contributed by atoms with E-state index in [1.54, 1.807) is 0 Å². The summed E-state index contributed by atoms with van der Waals surface area (Å²) < 4.78 is 58.7. The van der Waals surface area contributed by atoms with Gasteiger partial charge < -0.3 is 29.0 Å². The second-order valence-electron chi connectivity index (χ2n) is 7.91. The van der Waals surface area contributed by atoms with E-state index in [0.717, 1.165) is 10.6 Å². The minimum Gasteiger partial charge on any atom is -0.364 e. The van der Waals surface area contributed by atoms with Crippen molar-refractivity contribution in [1.82, 2.24) is 9.55 Å².